The summed E-state index contributed by atoms with van der Waals surface area (Å²) in [5, 5.41) is 13.8. The number of fused-ring (bicyclic) bond motifs is 1. The monoisotopic (exact) mass is 498 g/mol. The minimum Gasteiger partial charge on any atom is -0.492 e. The molecule has 0 unspecified atom stereocenters. The van der Waals surface area contributed by atoms with E-state index in [1.807, 2.05) is 56.7 Å². The third-order valence-corrected chi connectivity index (χ3v) is 6.06. The third-order valence-electron chi connectivity index (χ3n) is 6.06. The van der Waals surface area contributed by atoms with Crippen LogP contribution in [-0.2, 0) is 0 Å². The lowest BCUT2D eigenvalue weighted by Gasteiger charge is -2.18. The average Bonchev–Trinajstić information content (AvgIpc) is 3.43. The van der Waals surface area contributed by atoms with Crippen LogP contribution < -0.4 is 9.47 Å². The minimum atomic E-state index is -1.07. The van der Waals surface area contributed by atoms with Crippen LogP contribution in [0.1, 0.15) is 35.7 Å². The van der Waals surface area contributed by atoms with E-state index in [4.69, 9.17) is 19.0 Å². The number of benzene rings is 1. The number of hydrogen-bond acceptors (Lipinski definition) is 7. The molecule has 0 aliphatic heterocycles. The summed E-state index contributed by atoms with van der Waals surface area (Å²) in [5.41, 5.74) is 6.43. The van der Waals surface area contributed by atoms with Crippen molar-refractivity contribution in [2.45, 2.75) is 27.7 Å². The highest BCUT2D eigenvalue weighted by Crippen LogP contribution is 2.41. The predicted molar refractivity (Wildman–Crippen MR) is 139 cm³/mol. The highest BCUT2D eigenvalue weighted by Gasteiger charge is 2.23. The van der Waals surface area contributed by atoms with Gasteiger partial charge in [0.15, 0.2) is 0 Å². The molecule has 37 heavy (non-hydrogen) atoms. The Morgan fingerprint density at radius 2 is 1.78 bits per heavy atom. The molecule has 5 aromatic rings. The second-order valence-electron chi connectivity index (χ2n) is 8.44. The van der Waals surface area contributed by atoms with Gasteiger partial charge >= 0.3 is 5.97 Å². The minimum absolute atomic E-state index is 0.0779. The molecule has 1 N–H and O–H groups in total. The van der Waals surface area contributed by atoms with Crippen molar-refractivity contribution in [2.75, 3.05) is 13.2 Å². The van der Waals surface area contributed by atoms with E-state index >= 15 is 0 Å². The fourth-order valence-electron chi connectivity index (χ4n) is 4.53. The van der Waals surface area contributed by atoms with Gasteiger partial charge in [0, 0.05) is 47.0 Å². The number of aryl methyl sites for hydroxylation is 2. The van der Waals surface area contributed by atoms with E-state index < -0.39 is 5.97 Å². The topological polar surface area (TPSA) is 113 Å². The maximum absolute atomic E-state index is 11.9. The average molecular weight is 499 g/mol. The number of nitrogens with zero attached hydrogens (tertiary/aromatic N) is 4. The number of carbonyl (C=O) groups is 1. The van der Waals surface area contributed by atoms with Crippen molar-refractivity contribution in [1.29, 1.82) is 0 Å². The van der Waals surface area contributed by atoms with Gasteiger partial charge in [-0.1, -0.05) is 11.2 Å². The van der Waals surface area contributed by atoms with Gasteiger partial charge in [-0.05, 0) is 52.0 Å². The van der Waals surface area contributed by atoms with Crippen LogP contribution in [0.3, 0.4) is 0 Å². The van der Waals surface area contributed by atoms with E-state index in [9.17, 15) is 9.90 Å². The first-order valence-corrected chi connectivity index (χ1v) is 11.9. The molecule has 4 aromatic heterocycles. The third kappa shape index (κ3) is 4.29. The van der Waals surface area contributed by atoms with Crippen molar-refractivity contribution in [3.05, 3.63) is 72.1 Å². The van der Waals surface area contributed by atoms with Crippen LogP contribution in [0.15, 0.2) is 59.6 Å². The van der Waals surface area contributed by atoms with Crippen molar-refractivity contribution in [3.63, 3.8) is 0 Å². The first-order valence-electron chi connectivity index (χ1n) is 11.9. The Labute approximate surface area is 213 Å². The quantitative estimate of drug-likeness (QED) is 0.283. The second-order valence-corrected chi connectivity index (χ2v) is 8.44. The molecule has 0 saturated heterocycles. The molecule has 0 fully saturated rings. The van der Waals surface area contributed by atoms with Gasteiger partial charge in [-0.3, -0.25) is 9.97 Å². The Hall–Kier alpha value is -4.66. The molecule has 0 atom stereocenters. The Morgan fingerprint density at radius 1 is 1.05 bits per heavy atom. The summed E-state index contributed by atoms with van der Waals surface area (Å²) in [5.74, 6) is 0.413. The van der Waals surface area contributed by atoms with Crippen LogP contribution in [0.4, 0.5) is 0 Å². The SMILES string of the molecule is CCOc1cc(C(=O)O)cc(OCC)c1-n1cc(-c2cccnc2)c2ncc(-c3c(C)noc3C)cc21. The predicted octanol–water partition coefficient (Wildman–Crippen LogP) is 5.85. The molecule has 0 aliphatic carbocycles. The van der Waals surface area contributed by atoms with Crippen molar-refractivity contribution < 1.29 is 23.9 Å². The fraction of sp³-hybridized carbons (Fsp3) is 0.214. The van der Waals surface area contributed by atoms with E-state index in [0.29, 0.717) is 36.2 Å². The van der Waals surface area contributed by atoms with E-state index in [1.54, 1.807) is 18.6 Å². The molecule has 1 aromatic carbocycles. The maximum atomic E-state index is 11.9. The summed E-state index contributed by atoms with van der Waals surface area (Å²) in [4.78, 5) is 21.0. The molecule has 0 radical (unpaired) electrons. The zero-order chi connectivity index (χ0) is 26.1. The first kappa shape index (κ1) is 24.1. The summed E-state index contributed by atoms with van der Waals surface area (Å²) in [6, 6.07) is 8.90. The van der Waals surface area contributed by atoms with E-state index in [2.05, 4.69) is 10.1 Å². The zero-order valence-corrected chi connectivity index (χ0v) is 21.0. The molecular weight excluding hydrogens is 472 g/mol. The van der Waals surface area contributed by atoms with Gasteiger partial charge in [0.25, 0.3) is 0 Å². The number of carboxylic acids is 1. The lowest BCUT2D eigenvalue weighted by Crippen LogP contribution is -2.07. The van der Waals surface area contributed by atoms with Gasteiger partial charge in [0.1, 0.15) is 22.9 Å². The normalized spacial score (nSPS) is 11.1. The smallest absolute Gasteiger partial charge is 0.335 e. The highest BCUT2D eigenvalue weighted by atomic mass is 16.5. The number of ether oxygens (including phenoxy) is 2. The summed E-state index contributed by atoms with van der Waals surface area (Å²) in [6.45, 7) is 8.15. The maximum Gasteiger partial charge on any atom is 0.335 e. The Morgan fingerprint density at radius 3 is 2.35 bits per heavy atom. The summed E-state index contributed by atoms with van der Waals surface area (Å²) >= 11 is 0. The number of carboxylic acid groups (broad SMARTS) is 1. The number of aromatic carboxylic acids is 1. The molecular formula is C28H26N4O5. The molecule has 0 spiro atoms. The van der Waals surface area contributed by atoms with Crippen molar-refractivity contribution in [1.82, 2.24) is 19.7 Å². The molecule has 188 valence electrons. The molecule has 9 nitrogen and oxygen atoms in total. The van der Waals surface area contributed by atoms with Crippen LogP contribution in [0.25, 0.3) is 39.0 Å². The summed E-state index contributed by atoms with van der Waals surface area (Å²) < 4.78 is 19.2. The molecule has 0 bridgehead atoms. The van der Waals surface area contributed by atoms with Crippen molar-refractivity contribution >= 4 is 17.0 Å². The number of hydrogen-bond donors (Lipinski definition) is 1. The Balaban J connectivity index is 1.86. The van der Waals surface area contributed by atoms with Crippen LogP contribution >= 0.6 is 0 Å². The van der Waals surface area contributed by atoms with Crippen LogP contribution in [0.5, 0.6) is 11.5 Å². The van der Waals surface area contributed by atoms with Gasteiger partial charge < -0.3 is 23.7 Å². The Bertz CT molecular complexity index is 1560. The molecule has 5 rings (SSSR count). The zero-order valence-electron chi connectivity index (χ0n) is 21.0. The lowest BCUT2D eigenvalue weighted by atomic mass is 10.0. The molecule has 0 amide bonds. The molecule has 0 aliphatic rings. The standard InChI is InChI=1S/C28H26N4O5/c1-5-35-23-11-19(28(33)34)12-24(36-6-2)27(23)32-15-21(18-8-7-9-29-13-18)26-22(32)10-20(14-30-26)25-16(3)31-37-17(25)4/h7-15H,5-6H2,1-4H3,(H,33,34). The summed E-state index contributed by atoms with van der Waals surface area (Å²) in [7, 11) is 0. The second kappa shape index (κ2) is 9.77. The molecule has 9 heteroatoms. The van der Waals surface area contributed by atoms with Crippen molar-refractivity contribution in [3.8, 4) is 39.4 Å². The lowest BCUT2D eigenvalue weighted by molar-refractivity contribution is 0.0695. The fourth-order valence-corrected chi connectivity index (χ4v) is 4.53. The first-order chi connectivity index (χ1) is 17.9. The molecule has 0 saturated carbocycles. The van der Waals surface area contributed by atoms with Gasteiger partial charge in [0.05, 0.1) is 35.5 Å². The number of pyridine rings is 2. The van der Waals surface area contributed by atoms with Gasteiger partial charge in [-0.2, -0.15) is 0 Å². The van der Waals surface area contributed by atoms with Crippen LogP contribution in [0, 0.1) is 13.8 Å². The van der Waals surface area contributed by atoms with E-state index in [0.717, 1.165) is 39.0 Å². The van der Waals surface area contributed by atoms with Crippen LogP contribution in [0.2, 0.25) is 0 Å². The van der Waals surface area contributed by atoms with Gasteiger partial charge in [-0.15, -0.1) is 0 Å². The summed E-state index contributed by atoms with van der Waals surface area (Å²) in [6.07, 6.45) is 7.26. The van der Waals surface area contributed by atoms with E-state index in [1.165, 1.54) is 12.1 Å². The van der Waals surface area contributed by atoms with Crippen LogP contribution in [-0.4, -0.2) is 44.0 Å². The Kier molecular flexibility index (Phi) is 6.35. The highest BCUT2D eigenvalue weighted by molar-refractivity contribution is 5.97. The van der Waals surface area contributed by atoms with Gasteiger partial charge in [-0.25, -0.2) is 4.79 Å². The largest absolute Gasteiger partial charge is 0.492 e. The van der Waals surface area contributed by atoms with Gasteiger partial charge in [0.2, 0.25) is 0 Å². The van der Waals surface area contributed by atoms with Crippen molar-refractivity contribution in [2.24, 2.45) is 0 Å². The molecule has 4 heterocycles. The van der Waals surface area contributed by atoms with E-state index in [-0.39, 0.29) is 5.56 Å². The number of rotatable bonds is 8. The number of aromatic nitrogens is 4.